The van der Waals surface area contributed by atoms with Crippen LogP contribution in [0.2, 0.25) is 0 Å². The molecule has 21 heavy (non-hydrogen) atoms. The fraction of sp³-hybridized carbons (Fsp3) is 0.769. The van der Waals surface area contributed by atoms with Crippen molar-refractivity contribution in [2.75, 3.05) is 48.5 Å². The molecule has 0 saturated heterocycles. The minimum atomic E-state index is -2.28. The van der Waals surface area contributed by atoms with Gasteiger partial charge in [0.1, 0.15) is 13.2 Å². The number of nitrogens with zero attached hydrogens (tertiary/aromatic N) is 1. The minimum Gasteiger partial charge on any atom is -0.469 e. The van der Waals surface area contributed by atoms with Gasteiger partial charge in [-0.25, -0.2) is 4.79 Å². The maximum atomic E-state index is 11.7. The van der Waals surface area contributed by atoms with E-state index in [1.165, 1.54) is 0 Å². The second kappa shape index (κ2) is 7.94. The Bertz CT molecular complexity index is 388. The van der Waals surface area contributed by atoms with Crippen LogP contribution < -0.4 is 0 Å². The average molecular weight is 306 g/mol. The monoisotopic (exact) mass is 306 g/mol. The number of methoxy groups -OCH3 is 2. The Morgan fingerprint density at radius 2 is 1.52 bits per heavy atom. The van der Waals surface area contributed by atoms with Gasteiger partial charge in [0.15, 0.2) is 5.60 Å². The fourth-order valence-corrected chi connectivity index (χ4v) is 1.43. The Labute approximate surface area is 124 Å². The van der Waals surface area contributed by atoms with E-state index in [-0.39, 0.29) is 6.61 Å². The number of rotatable bonds is 8. The van der Waals surface area contributed by atoms with Crippen LogP contribution in [-0.2, 0) is 28.6 Å². The van der Waals surface area contributed by atoms with Gasteiger partial charge in [-0.15, -0.1) is 0 Å². The number of hydrogen-bond acceptors (Lipinski definition) is 7. The topological polar surface area (TPSA) is 99.1 Å². The molecule has 122 valence electrons. The molecule has 0 amide bonds. The average Bonchev–Trinajstić information content (AvgIpc) is 2.35. The third kappa shape index (κ3) is 7.62. The molecule has 0 aliphatic carbocycles. The van der Waals surface area contributed by atoms with E-state index in [1.807, 2.05) is 21.1 Å². The van der Waals surface area contributed by atoms with Crippen molar-refractivity contribution in [1.29, 1.82) is 0 Å². The van der Waals surface area contributed by atoms with Crippen LogP contribution in [0, 0.1) is 0 Å². The molecule has 0 aromatic carbocycles. The highest BCUT2D eigenvalue weighted by Crippen LogP contribution is 2.19. The van der Waals surface area contributed by atoms with Crippen LogP contribution in [0.1, 0.15) is 12.8 Å². The zero-order valence-corrected chi connectivity index (χ0v) is 13.2. The highest BCUT2D eigenvalue weighted by atomic mass is 16.6. The van der Waals surface area contributed by atoms with Crippen molar-refractivity contribution in [3.05, 3.63) is 0 Å². The number of ether oxygens (including phenoxy) is 3. The summed E-state index contributed by atoms with van der Waals surface area (Å²) in [6.07, 6.45) is -1.35. The first-order valence-corrected chi connectivity index (χ1v) is 6.38. The molecule has 1 unspecified atom stereocenters. The summed E-state index contributed by atoms with van der Waals surface area (Å²) in [5.41, 5.74) is -2.28. The Kier molecular flexibility index (Phi) is 7.31. The molecule has 0 saturated carbocycles. The van der Waals surface area contributed by atoms with E-state index in [4.69, 9.17) is 4.74 Å². The van der Waals surface area contributed by atoms with E-state index in [1.54, 1.807) is 0 Å². The summed E-state index contributed by atoms with van der Waals surface area (Å²) in [5, 5.41) is 10.1. The van der Waals surface area contributed by atoms with Crippen molar-refractivity contribution >= 4 is 17.9 Å². The second-order valence-corrected chi connectivity index (χ2v) is 5.69. The molecule has 8 heteroatoms. The molecular formula is C13H24NO7+. The molecule has 1 atom stereocenters. The molecule has 0 aromatic rings. The summed E-state index contributed by atoms with van der Waals surface area (Å²) in [7, 11) is 7.94. The number of esters is 3. The number of carbonyl (C=O) groups excluding carboxylic acids is 3. The summed E-state index contributed by atoms with van der Waals surface area (Å²) < 4.78 is 14.3. The predicted octanol–water partition coefficient (Wildman–Crippen LogP) is -0.907. The van der Waals surface area contributed by atoms with Crippen molar-refractivity contribution < 1.29 is 38.2 Å². The lowest BCUT2D eigenvalue weighted by atomic mass is 9.96. The molecule has 0 bridgehead atoms. The van der Waals surface area contributed by atoms with Gasteiger partial charge in [-0.05, 0) is 0 Å². The Morgan fingerprint density at radius 1 is 1.00 bits per heavy atom. The first kappa shape index (κ1) is 19.3. The first-order chi connectivity index (χ1) is 9.54. The number of quaternary nitrogens is 1. The van der Waals surface area contributed by atoms with Gasteiger partial charge in [-0.2, -0.15) is 0 Å². The van der Waals surface area contributed by atoms with Crippen LogP contribution >= 0.6 is 0 Å². The van der Waals surface area contributed by atoms with E-state index >= 15 is 0 Å². The summed E-state index contributed by atoms with van der Waals surface area (Å²) in [6.45, 7) is 0.706. The second-order valence-electron chi connectivity index (χ2n) is 5.69. The van der Waals surface area contributed by atoms with E-state index in [0.29, 0.717) is 11.0 Å². The third-order valence-electron chi connectivity index (χ3n) is 2.69. The number of likely N-dealkylation sites (N-methyl/N-ethyl adjacent to an activating group) is 1. The quantitative estimate of drug-likeness (QED) is 0.352. The molecule has 1 N–H and O–H groups in total. The van der Waals surface area contributed by atoms with Gasteiger partial charge in [0.05, 0.1) is 48.2 Å². The summed E-state index contributed by atoms with van der Waals surface area (Å²) in [5.74, 6) is -2.71. The molecule has 8 nitrogen and oxygen atoms in total. The summed E-state index contributed by atoms with van der Waals surface area (Å²) in [6, 6.07) is 0. The van der Waals surface area contributed by atoms with Gasteiger partial charge >= 0.3 is 17.9 Å². The van der Waals surface area contributed by atoms with Crippen molar-refractivity contribution in [2.24, 2.45) is 0 Å². The lowest BCUT2D eigenvalue weighted by Gasteiger charge is -2.25. The van der Waals surface area contributed by atoms with Gasteiger partial charge in [-0.1, -0.05) is 0 Å². The van der Waals surface area contributed by atoms with Crippen molar-refractivity contribution in [3.8, 4) is 0 Å². The van der Waals surface area contributed by atoms with Gasteiger partial charge in [0, 0.05) is 0 Å². The Morgan fingerprint density at radius 3 is 1.95 bits per heavy atom. The number of hydrogen-bond donors (Lipinski definition) is 1. The van der Waals surface area contributed by atoms with Crippen molar-refractivity contribution in [2.45, 2.75) is 18.4 Å². The van der Waals surface area contributed by atoms with E-state index in [9.17, 15) is 19.5 Å². The summed E-state index contributed by atoms with van der Waals surface area (Å²) >= 11 is 0. The third-order valence-corrected chi connectivity index (χ3v) is 2.69. The SMILES string of the molecule is COC(=O)CC(O)(CC(=O)OCC[N+](C)(C)C)C(=O)OC. The largest absolute Gasteiger partial charge is 0.469 e. The van der Waals surface area contributed by atoms with Crippen LogP contribution in [0.25, 0.3) is 0 Å². The molecule has 0 aliphatic rings. The molecular weight excluding hydrogens is 282 g/mol. The van der Waals surface area contributed by atoms with E-state index in [2.05, 4.69) is 9.47 Å². The van der Waals surface area contributed by atoms with Crippen LogP contribution in [0.3, 0.4) is 0 Å². The molecule has 0 radical (unpaired) electrons. The maximum Gasteiger partial charge on any atom is 0.339 e. The van der Waals surface area contributed by atoms with Crippen LogP contribution in [0.5, 0.6) is 0 Å². The fourth-order valence-electron chi connectivity index (χ4n) is 1.43. The van der Waals surface area contributed by atoms with Gasteiger partial charge in [-0.3, -0.25) is 9.59 Å². The van der Waals surface area contributed by atoms with E-state index < -0.39 is 36.4 Å². The molecule has 0 fully saturated rings. The zero-order chi connectivity index (χ0) is 16.7. The molecule has 0 heterocycles. The highest BCUT2D eigenvalue weighted by Gasteiger charge is 2.42. The maximum absolute atomic E-state index is 11.7. The highest BCUT2D eigenvalue weighted by molar-refractivity contribution is 5.89. The lowest BCUT2D eigenvalue weighted by molar-refractivity contribution is -0.870. The lowest BCUT2D eigenvalue weighted by Crippen LogP contribution is -2.44. The smallest absolute Gasteiger partial charge is 0.339 e. The van der Waals surface area contributed by atoms with Crippen molar-refractivity contribution in [1.82, 2.24) is 0 Å². The molecule has 0 spiro atoms. The molecule has 0 rings (SSSR count). The predicted molar refractivity (Wildman–Crippen MR) is 72.1 cm³/mol. The standard InChI is InChI=1S/C13H24NO7/c1-14(2,3)6-7-21-11(16)9-13(18,12(17)20-5)8-10(15)19-4/h18H,6-9H2,1-5H3/q+1. The van der Waals surface area contributed by atoms with Crippen LogP contribution in [-0.4, -0.2) is 81.6 Å². The number of aliphatic hydroxyl groups is 1. The Hall–Kier alpha value is -1.67. The Balaban J connectivity index is 4.63. The van der Waals surface area contributed by atoms with Crippen LogP contribution in [0.4, 0.5) is 0 Å². The zero-order valence-electron chi connectivity index (χ0n) is 13.2. The minimum absolute atomic E-state index is 0.137. The van der Waals surface area contributed by atoms with E-state index in [0.717, 1.165) is 14.2 Å². The number of carbonyl (C=O) groups is 3. The van der Waals surface area contributed by atoms with Crippen LogP contribution in [0.15, 0.2) is 0 Å². The van der Waals surface area contributed by atoms with Crippen molar-refractivity contribution in [3.63, 3.8) is 0 Å². The normalized spacial score (nSPS) is 14.0. The molecule has 0 aliphatic heterocycles. The van der Waals surface area contributed by atoms with Gasteiger partial charge < -0.3 is 23.8 Å². The summed E-state index contributed by atoms with van der Waals surface area (Å²) in [4.78, 5) is 34.5. The molecule has 0 aromatic heterocycles. The first-order valence-electron chi connectivity index (χ1n) is 6.38. The van der Waals surface area contributed by atoms with Gasteiger partial charge in [0.2, 0.25) is 0 Å². The van der Waals surface area contributed by atoms with Gasteiger partial charge in [0.25, 0.3) is 0 Å².